The normalized spacial score (nSPS) is 11.6. The zero-order valence-corrected chi connectivity index (χ0v) is 11.7. The number of Topliss-reactive ketones (excluding diaryl/α,β-unsaturated/α-hetero) is 1. The minimum absolute atomic E-state index is 0.123. The fourth-order valence-electron chi connectivity index (χ4n) is 1.84. The predicted molar refractivity (Wildman–Crippen MR) is 76.3 cm³/mol. The molecule has 0 spiro atoms. The molecule has 0 N–H and O–H groups in total. The molecule has 102 valence electrons. The number of ether oxygens (including phenoxy) is 1. The van der Waals surface area contributed by atoms with Crippen molar-refractivity contribution in [1.82, 2.24) is 9.55 Å². The summed E-state index contributed by atoms with van der Waals surface area (Å²) in [6, 6.07) is 3.43. The van der Waals surface area contributed by atoms with E-state index in [9.17, 15) is 9.59 Å². The third-order valence-electron chi connectivity index (χ3n) is 2.64. The van der Waals surface area contributed by atoms with E-state index in [1.807, 2.05) is 0 Å². The molecule has 2 radical (unpaired) electrons. The maximum absolute atomic E-state index is 12.2. The monoisotopic (exact) mass is 270 g/mol. The molecule has 0 amide bonds. The van der Waals surface area contributed by atoms with Gasteiger partial charge in [-0.1, -0.05) is 0 Å². The number of hydrogen-bond acceptors (Lipinski definition) is 4. The minimum atomic E-state index is -0.625. The SMILES string of the molecule is [B]CC(=O)c1cn(C(=O)OC(C)(C)C)c2ncccc12. The Morgan fingerprint density at radius 3 is 2.70 bits per heavy atom. The topological polar surface area (TPSA) is 61.2 Å². The van der Waals surface area contributed by atoms with Crippen molar-refractivity contribution in [3.05, 3.63) is 30.1 Å². The Morgan fingerprint density at radius 2 is 2.10 bits per heavy atom. The summed E-state index contributed by atoms with van der Waals surface area (Å²) >= 11 is 0. The first-order valence-electron chi connectivity index (χ1n) is 6.26. The molecule has 0 aliphatic carbocycles. The molecule has 6 heteroatoms. The van der Waals surface area contributed by atoms with Crippen LogP contribution in [-0.4, -0.2) is 34.9 Å². The van der Waals surface area contributed by atoms with Crippen molar-refractivity contribution in [2.45, 2.75) is 32.7 Å². The molecule has 20 heavy (non-hydrogen) atoms. The Balaban J connectivity index is 2.54. The van der Waals surface area contributed by atoms with E-state index in [4.69, 9.17) is 12.6 Å². The maximum atomic E-state index is 12.2. The van der Waals surface area contributed by atoms with E-state index in [0.29, 0.717) is 16.6 Å². The standard InChI is InChI=1S/C14H15BN2O3/c1-14(2,3)20-13(19)17-8-10(11(18)7-15)9-5-4-6-16-12(9)17/h4-6,8H,7H2,1-3H3. The van der Waals surface area contributed by atoms with E-state index in [1.54, 1.807) is 39.1 Å². The molecule has 0 aliphatic heterocycles. The maximum Gasteiger partial charge on any atom is 0.420 e. The quantitative estimate of drug-likeness (QED) is 0.621. The summed E-state index contributed by atoms with van der Waals surface area (Å²) in [6.07, 6.45) is 2.29. The van der Waals surface area contributed by atoms with Gasteiger partial charge >= 0.3 is 6.09 Å². The number of rotatable bonds is 2. The van der Waals surface area contributed by atoms with Gasteiger partial charge in [0.05, 0.1) is 7.85 Å². The first-order valence-corrected chi connectivity index (χ1v) is 6.26. The molecule has 0 saturated carbocycles. The summed E-state index contributed by atoms with van der Waals surface area (Å²) in [5.41, 5.74) is 0.139. The molecule has 2 heterocycles. The van der Waals surface area contributed by atoms with Crippen molar-refractivity contribution in [3.63, 3.8) is 0 Å². The molecule has 2 aromatic heterocycles. The lowest BCUT2D eigenvalue weighted by Crippen LogP contribution is -2.26. The van der Waals surface area contributed by atoms with Crippen LogP contribution in [0, 0.1) is 0 Å². The lowest BCUT2D eigenvalue weighted by Gasteiger charge is -2.19. The molecule has 0 unspecified atom stereocenters. The average Bonchev–Trinajstić information content (AvgIpc) is 2.75. The molecule has 0 bridgehead atoms. The molecule has 0 aromatic carbocycles. The molecule has 0 saturated heterocycles. The summed E-state index contributed by atoms with van der Waals surface area (Å²) in [7, 11) is 5.39. The number of carbonyl (C=O) groups excluding carboxylic acids is 2. The van der Waals surface area contributed by atoms with Crippen LogP contribution < -0.4 is 0 Å². The fourth-order valence-corrected chi connectivity index (χ4v) is 1.84. The van der Waals surface area contributed by atoms with Crippen LogP contribution in [0.1, 0.15) is 31.1 Å². The van der Waals surface area contributed by atoms with Gasteiger partial charge in [-0.05, 0) is 39.2 Å². The Kier molecular flexibility index (Phi) is 3.66. The third kappa shape index (κ3) is 2.74. The molecular formula is C14H15BN2O3. The van der Waals surface area contributed by atoms with Gasteiger partial charge in [0.15, 0.2) is 5.78 Å². The predicted octanol–water partition coefficient (Wildman–Crippen LogP) is 2.59. The smallest absolute Gasteiger partial charge is 0.420 e. The van der Waals surface area contributed by atoms with Gasteiger partial charge < -0.3 is 4.74 Å². The van der Waals surface area contributed by atoms with Gasteiger partial charge in [-0.3, -0.25) is 4.79 Å². The minimum Gasteiger partial charge on any atom is -0.443 e. The lowest BCUT2D eigenvalue weighted by atomic mass is 9.96. The van der Waals surface area contributed by atoms with Crippen molar-refractivity contribution in [2.24, 2.45) is 0 Å². The molecule has 5 nitrogen and oxygen atoms in total. The number of fused-ring (bicyclic) bond motifs is 1. The fraction of sp³-hybridized carbons (Fsp3) is 0.357. The average molecular weight is 270 g/mol. The largest absolute Gasteiger partial charge is 0.443 e. The first kappa shape index (κ1) is 14.3. The summed E-state index contributed by atoms with van der Waals surface area (Å²) in [5, 5.41) is 0.591. The summed E-state index contributed by atoms with van der Waals surface area (Å²) in [5.74, 6) is -0.245. The van der Waals surface area contributed by atoms with Gasteiger partial charge in [-0.15, -0.1) is 0 Å². The Morgan fingerprint density at radius 1 is 1.40 bits per heavy atom. The highest BCUT2D eigenvalue weighted by molar-refractivity contribution is 6.26. The van der Waals surface area contributed by atoms with Gasteiger partial charge in [0, 0.05) is 23.3 Å². The zero-order chi connectivity index (χ0) is 14.9. The second-order valence-corrected chi connectivity index (χ2v) is 5.39. The summed E-state index contributed by atoms with van der Waals surface area (Å²) in [4.78, 5) is 28.1. The van der Waals surface area contributed by atoms with Crippen molar-refractivity contribution in [3.8, 4) is 0 Å². The number of hydrogen-bond donors (Lipinski definition) is 0. The lowest BCUT2D eigenvalue weighted by molar-refractivity contribution is 0.0543. The second kappa shape index (κ2) is 5.11. The highest BCUT2D eigenvalue weighted by Crippen LogP contribution is 2.22. The van der Waals surface area contributed by atoms with Crippen molar-refractivity contribution >= 4 is 30.8 Å². The highest BCUT2D eigenvalue weighted by Gasteiger charge is 2.22. The number of ketones is 1. The van der Waals surface area contributed by atoms with E-state index in [2.05, 4.69) is 4.98 Å². The first-order chi connectivity index (χ1) is 9.33. The van der Waals surface area contributed by atoms with Crippen LogP contribution in [0.25, 0.3) is 11.0 Å². The molecule has 2 rings (SSSR count). The molecular weight excluding hydrogens is 255 g/mol. The molecule has 0 aliphatic rings. The van der Waals surface area contributed by atoms with Crippen LogP contribution in [0.15, 0.2) is 24.5 Å². The van der Waals surface area contributed by atoms with Crippen LogP contribution in [0.3, 0.4) is 0 Å². The van der Waals surface area contributed by atoms with E-state index in [-0.39, 0.29) is 12.1 Å². The number of nitrogens with zero attached hydrogens (tertiary/aromatic N) is 2. The van der Waals surface area contributed by atoms with Crippen LogP contribution >= 0.6 is 0 Å². The van der Waals surface area contributed by atoms with Crippen LogP contribution in [0.2, 0.25) is 6.32 Å². The van der Waals surface area contributed by atoms with Crippen LogP contribution in [0.4, 0.5) is 4.79 Å². The zero-order valence-electron chi connectivity index (χ0n) is 11.7. The second-order valence-electron chi connectivity index (χ2n) is 5.39. The number of aromatic nitrogens is 2. The van der Waals surface area contributed by atoms with Crippen LogP contribution in [-0.2, 0) is 4.74 Å². The van der Waals surface area contributed by atoms with Gasteiger partial charge in [0.2, 0.25) is 0 Å². The molecule has 0 fully saturated rings. The number of pyridine rings is 1. The van der Waals surface area contributed by atoms with Crippen LogP contribution in [0.5, 0.6) is 0 Å². The van der Waals surface area contributed by atoms with Crippen molar-refractivity contribution < 1.29 is 14.3 Å². The Bertz CT molecular complexity index is 671. The van der Waals surface area contributed by atoms with Gasteiger partial charge in [-0.25, -0.2) is 14.3 Å². The summed E-state index contributed by atoms with van der Waals surface area (Å²) < 4.78 is 6.54. The van der Waals surface area contributed by atoms with E-state index >= 15 is 0 Å². The molecule has 0 atom stereocenters. The highest BCUT2D eigenvalue weighted by atomic mass is 16.6. The number of carbonyl (C=O) groups is 2. The van der Waals surface area contributed by atoms with E-state index in [0.717, 1.165) is 0 Å². The van der Waals surface area contributed by atoms with Crippen molar-refractivity contribution in [1.29, 1.82) is 0 Å². The Labute approximate surface area is 118 Å². The summed E-state index contributed by atoms with van der Waals surface area (Å²) in [6.45, 7) is 5.32. The van der Waals surface area contributed by atoms with Gasteiger partial charge in [0.1, 0.15) is 11.2 Å². The van der Waals surface area contributed by atoms with E-state index in [1.165, 1.54) is 10.8 Å². The van der Waals surface area contributed by atoms with E-state index < -0.39 is 11.7 Å². The third-order valence-corrected chi connectivity index (χ3v) is 2.64. The molecule has 2 aromatic rings. The van der Waals surface area contributed by atoms with Gasteiger partial charge in [-0.2, -0.15) is 0 Å². The van der Waals surface area contributed by atoms with Crippen molar-refractivity contribution in [2.75, 3.05) is 0 Å². The Hall–Kier alpha value is -2.11. The van der Waals surface area contributed by atoms with Gasteiger partial charge in [0.25, 0.3) is 0 Å².